The molecule has 7 heteroatoms. The molecule has 0 spiro atoms. The van der Waals surface area contributed by atoms with Gasteiger partial charge in [-0.1, -0.05) is 0 Å². The second-order valence-electron chi connectivity index (χ2n) is 6.69. The maximum Gasteiger partial charge on any atom is 0.266 e. The average molecular weight is 331 g/mol. The number of amides is 2. The van der Waals surface area contributed by atoms with E-state index < -0.39 is 0 Å². The van der Waals surface area contributed by atoms with Crippen LogP contribution in [-0.2, 0) is 14.3 Å². The molecule has 1 aliphatic carbocycles. The van der Waals surface area contributed by atoms with Crippen LogP contribution in [0.5, 0.6) is 5.75 Å². The van der Waals surface area contributed by atoms with Gasteiger partial charge >= 0.3 is 0 Å². The van der Waals surface area contributed by atoms with Crippen molar-refractivity contribution < 1.29 is 19.1 Å². The summed E-state index contributed by atoms with van der Waals surface area (Å²) in [6.07, 6.45) is 4.07. The Morgan fingerprint density at radius 1 is 1.38 bits per heavy atom. The highest BCUT2D eigenvalue weighted by molar-refractivity contribution is 6.01. The van der Waals surface area contributed by atoms with E-state index in [4.69, 9.17) is 9.47 Å². The van der Waals surface area contributed by atoms with E-state index in [0.29, 0.717) is 36.5 Å². The number of carbonyl (C=O) groups is 2. The maximum atomic E-state index is 12.8. The highest BCUT2D eigenvalue weighted by Gasteiger charge is 2.44. The smallest absolute Gasteiger partial charge is 0.266 e. The Balaban J connectivity index is 1.48. The number of hydrogen-bond acceptors (Lipinski definition) is 5. The van der Waals surface area contributed by atoms with Crippen LogP contribution >= 0.6 is 0 Å². The number of aromatic nitrogens is 1. The second kappa shape index (κ2) is 6.05. The number of likely N-dealkylation sites (tertiary alicyclic amines) is 1. The standard InChI is InChI=1S/C17H21N3O4/c1-23-16-11-4-5-12(16)8-19(7-11)14(21)9-20-15(22)10-24-13-3-2-6-18-17(13)20/h2-3,6,11-12,16H,4-5,7-10H2,1H3. The minimum Gasteiger partial charge on any atom is -0.480 e. The van der Waals surface area contributed by atoms with Crippen LogP contribution in [0, 0.1) is 11.8 Å². The quantitative estimate of drug-likeness (QED) is 0.815. The summed E-state index contributed by atoms with van der Waals surface area (Å²) in [6.45, 7) is 1.38. The third-order valence-electron chi connectivity index (χ3n) is 5.32. The van der Waals surface area contributed by atoms with Crippen LogP contribution < -0.4 is 9.64 Å². The molecule has 3 heterocycles. The molecule has 0 aromatic carbocycles. The van der Waals surface area contributed by atoms with Gasteiger partial charge in [-0.15, -0.1) is 0 Å². The van der Waals surface area contributed by atoms with Crippen LogP contribution in [0.2, 0.25) is 0 Å². The van der Waals surface area contributed by atoms with Crippen molar-refractivity contribution in [3.63, 3.8) is 0 Å². The van der Waals surface area contributed by atoms with Gasteiger partial charge in [-0.3, -0.25) is 14.5 Å². The van der Waals surface area contributed by atoms with Gasteiger partial charge in [0.05, 0.1) is 6.10 Å². The molecule has 1 aromatic heterocycles. The van der Waals surface area contributed by atoms with Crippen molar-refractivity contribution in [1.82, 2.24) is 9.88 Å². The summed E-state index contributed by atoms with van der Waals surface area (Å²) in [5.74, 6) is 1.52. The van der Waals surface area contributed by atoms with E-state index in [9.17, 15) is 9.59 Å². The molecule has 7 nitrogen and oxygen atoms in total. The molecule has 1 aromatic rings. The lowest BCUT2D eigenvalue weighted by atomic mass is 9.95. The minimum absolute atomic E-state index is 0.0172. The van der Waals surface area contributed by atoms with Gasteiger partial charge in [0.25, 0.3) is 5.91 Å². The highest BCUT2D eigenvalue weighted by Crippen LogP contribution is 2.38. The number of anilines is 1. The van der Waals surface area contributed by atoms with Gasteiger partial charge in [-0.2, -0.15) is 0 Å². The first-order valence-electron chi connectivity index (χ1n) is 8.36. The number of piperidine rings is 1. The van der Waals surface area contributed by atoms with Crippen LogP contribution in [0.1, 0.15) is 12.8 Å². The predicted octanol–water partition coefficient (Wildman–Crippen LogP) is 0.690. The molecular formula is C17H21N3O4. The van der Waals surface area contributed by atoms with E-state index in [1.54, 1.807) is 25.4 Å². The molecule has 2 atom stereocenters. The monoisotopic (exact) mass is 331 g/mol. The third kappa shape index (κ3) is 2.53. The summed E-state index contributed by atoms with van der Waals surface area (Å²) in [6, 6.07) is 3.51. The number of hydrogen-bond donors (Lipinski definition) is 0. The fourth-order valence-electron chi connectivity index (χ4n) is 4.19. The highest BCUT2D eigenvalue weighted by atomic mass is 16.5. The summed E-state index contributed by atoms with van der Waals surface area (Å²) in [5, 5.41) is 0. The summed E-state index contributed by atoms with van der Waals surface area (Å²) in [4.78, 5) is 32.5. The fourth-order valence-corrected chi connectivity index (χ4v) is 4.19. The van der Waals surface area contributed by atoms with E-state index in [1.807, 2.05) is 4.90 Å². The molecule has 2 fully saturated rings. The normalized spacial score (nSPS) is 28.5. The van der Waals surface area contributed by atoms with E-state index in [2.05, 4.69) is 4.98 Å². The number of nitrogens with zero attached hydrogens (tertiary/aromatic N) is 3. The lowest BCUT2D eigenvalue weighted by Crippen LogP contribution is -2.52. The van der Waals surface area contributed by atoms with E-state index in [0.717, 1.165) is 12.8 Å². The lowest BCUT2D eigenvalue weighted by molar-refractivity contribution is -0.136. The van der Waals surface area contributed by atoms with Gasteiger partial charge in [0.15, 0.2) is 18.2 Å². The summed E-state index contributed by atoms with van der Waals surface area (Å²) in [5.41, 5.74) is 0. The first-order valence-corrected chi connectivity index (χ1v) is 8.36. The second-order valence-corrected chi connectivity index (χ2v) is 6.69. The molecule has 3 aliphatic rings. The molecule has 2 unspecified atom stereocenters. The Morgan fingerprint density at radius 2 is 2.12 bits per heavy atom. The zero-order chi connectivity index (χ0) is 16.7. The van der Waals surface area contributed by atoms with Crippen molar-refractivity contribution in [2.75, 3.05) is 38.3 Å². The minimum atomic E-state index is -0.232. The number of fused-ring (bicyclic) bond motifs is 3. The molecule has 2 aliphatic heterocycles. The summed E-state index contributed by atoms with van der Waals surface area (Å²) >= 11 is 0. The largest absolute Gasteiger partial charge is 0.480 e. The molecule has 2 bridgehead atoms. The first-order chi connectivity index (χ1) is 11.7. The van der Waals surface area contributed by atoms with Gasteiger partial charge < -0.3 is 14.4 Å². The van der Waals surface area contributed by atoms with Crippen LogP contribution in [0.15, 0.2) is 18.3 Å². The Labute approximate surface area is 140 Å². The van der Waals surface area contributed by atoms with Crippen LogP contribution in [-0.4, -0.2) is 61.2 Å². The van der Waals surface area contributed by atoms with Crippen molar-refractivity contribution in [1.29, 1.82) is 0 Å². The van der Waals surface area contributed by atoms with Crippen molar-refractivity contribution in [3.05, 3.63) is 18.3 Å². The van der Waals surface area contributed by atoms with Crippen molar-refractivity contribution in [3.8, 4) is 5.75 Å². The predicted molar refractivity (Wildman–Crippen MR) is 85.7 cm³/mol. The van der Waals surface area contributed by atoms with Crippen molar-refractivity contribution >= 4 is 17.6 Å². The summed E-state index contributed by atoms with van der Waals surface area (Å²) in [7, 11) is 1.75. The van der Waals surface area contributed by atoms with Crippen LogP contribution in [0.4, 0.5) is 5.82 Å². The molecule has 24 heavy (non-hydrogen) atoms. The third-order valence-corrected chi connectivity index (χ3v) is 5.32. The Hall–Kier alpha value is -2.15. The maximum absolute atomic E-state index is 12.8. The molecule has 1 saturated heterocycles. The number of ether oxygens (including phenoxy) is 2. The summed E-state index contributed by atoms with van der Waals surface area (Å²) < 4.78 is 11.0. The molecule has 0 N–H and O–H groups in total. The topological polar surface area (TPSA) is 72.0 Å². The molecule has 2 amide bonds. The Kier molecular flexibility index (Phi) is 3.88. The zero-order valence-electron chi connectivity index (χ0n) is 13.7. The van der Waals surface area contributed by atoms with Crippen LogP contribution in [0.3, 0.4) is 0 Å². The molecule has 4 rings (SSSR count). The lowest BCUT2D eigenvalue weighted by Gasteiger charge is -2.38. The molecule has 1 saturated carbocycles. The van der Waals surface area contributed by atoms with Crippen LogP contribution in [0.25, 0.3) is 0 Å². The number of methoxy groups -OCH3 is 1. The van der Waals surface area contributed by atoms with Gasteiger partial charge in [-0.25, -0.2) is 4.98 Å². The van der Waals surface area contributed by atoms with Crippen molar-refractivity contribution in [2.24, 2.45) is 11.8 Å². The van der Waals surface area contributed by atoms with Gasteiger partial charge in [-0.05, 0) is 25.0 Å². The van der Waals surface area contributed by atoms with E-state index in [-0.39, 0.29) is 31.1 Å². The Bertz CT molecular complexity index is 651. The molecule has 128 valence electrons. The van der Waals surface area contributed by atoms with Crippen molar-refractivity contribution in [2.45, 2.75) is 18.9 Å². The van der Waals surface area contributed by atoms with Gasteiger partial charge in [0.2, 0.25) is 5.91 Å². The molecular weight excluding hydrogens is 310 g/mol. The average Bonchev–Trinajstić information content (AvgIpc) is 2.85. The van der Waals surface area contributed by atoms with E-state index in [1.165, 1.54) is 4.90 Å². The first kappa shape index (κ1) is 15.4. The fraction of sp³-hybridized carbons (Fsp3) is 0.588. The SMILES string of the molecule is COC1C2CCC1CN(C(=O)CN1C(=O)COc3cccnc31)C2. The van der Waals surface area contributed by atoms with Gasteiger partial charge in [0, 0.05) is 38.2 Å². The zero-order valence-corrected chi connectivity index (χ0v) is 13.7. The molecule has 0 radical (unpaired) electrons. The van der Waals surface area contributed by atoms with E-state index >= 15 is 0 Å². The Morgan fingerprint density at radius 3 is 2.83 bits per heavy atom. The number of carbonyl (C=O) groups excluding carboxylic acids is 2. The number of rotatable bonds is 3. The number of pyridine rings is 1. The van der Waals surface area contributed by atoms with Gasteiger partial charge in [0.1, 0.15) is 6.54 Å².